The maximum Gasteiger partial charge on any atom is 0.0576 e. The minimum atomic E-state index is 0.553. The molecule has 2 nitrogen and oxygen atoms in total. The molecule has 1 N–H and O–H groups in total. The lowest BCUT2D eigenvalue weighted by atomic mass is 10.1. The van der Waals surface area contributed by atoms with Crippen molar-refractivity contribution >= 4 is 11.8 Å². The highest BCUT2D eigenvalue weighted by molar-refractivity contribution is 7.98. The summed E-state index contributed by atoms with van der Waals surface area (Å²) in [5, 5.41) is 3.35. The summed E-state index contributed by atoms with van der Waals surface area (Å²) in [5.74, 6) is 1.21. The van der Waals surface area contributed by atoms with Crippen LogP contribution >= 0.6 is 11.8 Å². The Kier molecular flexibility index (Phi) is 5.83. The van der Waals surface area contributed by atoms with Gasteiger partial charge < -0.3 is 10.1 Å². The van der Waals surface area contributed by atoms with E-state index in [0.29, 0.717) is 12.1 Å². The van der Waals surface area contributed by atoms with E-state index in [1.165, 1.54) is 31.4 Å². The molecule has 1 saturated heterocycles. The van der Waals surface area contributed by atoms with E-state index in [9.17, 15) is 0 Å². The molecular formula is C10H21NOS. The fourth-order valence-corrected chi connectivity index (χ4v) is 2.51. The SMILES string of the molecule is CNC(CCC1CCCO1)CSC. The van der Waals surface area contributed by atoms with Gasteiger partial charge >= 0.3 is 0 Å². The molecule has 0 saturated carbocycles. The van der Waals surface area contributed by atoms with Crippen LogP contribution < -0.4 is 5.32 Å². The molecule has 3 heteroatoms. The summed E-state index contributed by atoms with van der Waals surface area (Å²) in [5.41, 5.74) is 0. The predicted octanol–water partition coefficient (Wildman–Crippen LogP) is 1.90. The summed E-state index contributed by atoms with van der Waals surface area (Å²) in [6.45, 7) is 0.984. The van der Waals surface area contributed by atoms with Gasteiger partial charge in [-0.05, 0) is 39.0 Å². The smallest absolute Gasteiger partial charge is 0.0576 e. The Morgan fingerprint density at radius 1 is 1.62 bits per heavy atom. The summed E-state index contributed by atoms with van der Waals surface area (Å²) in [6, 6.07) is 0.666. The van der Waals surface area contributed by atoms with Crippen LogP contribution in [0.2, 0.25) is 0 Å². The van der Waals surface area contributed by atoms with Crippen LogP contribution in [0.25, 0.3) is 0 Å². The zero-order chi connectivity index (χ0) is 9.52. The average Bonchev–Trinajstić information content (AvgIpc) is 2.64. The van der Waals surface area contributed by atoms with E-state index in [0.717, 1.165) is 6.61 Å². The zero-order valence-electron chi connectivity index (χ0n) is 8.71. The van der Waals surface area contributed by atoms with E-state index in [-0.39, 0.29) is 0 Å². The molecule has 1 rings (SSSR count). The van der Waals surface area contributed by atoms with Crippen molar-refractivity contribution in [1.82, 2.24) is 5.32 Å². The van der Waals surface area contributed by atoms with Crippen molar-refractivity contribution in [2.24, 2.45) is 0 Å². The van der Waals surface area contributed by atoms with Crippen molar-refractivity contribution in [1.29, 1.82) is 0 Å². The Balaban J connectivity index is 2.07. The van der Waals surface area contributed by atoms with Crippen molar-refractivity contribution in [3.63, 3.8) is 0 Å². The van der Waals surface area contributed by atoms with Gasteiger partial charge in [-0.25, -0.2) is 0 Å². The Hall–Kier alpha value is 0.270. The quantitative estimate of drug-likeness (QED) is 0.712. The fourth-order valence-electron chi connectivity index (χ4n) is 1.77. The van der Waals surface area contributed by atoms with Crippen LogP contribution in [0.3, 0.4) is 0 Å². The van der Waals surface area contributed by atoms with E-state index in [2.05, 4.69) is 18.6 Å². The number of nitrogens with one attached hydrogen (secondary N) is 1. The third-order valence-electron chi connectivity index (χ3n) is 2.64. The minimum Gasteiger partial charge on any atom is -0.378 e. The van der Waals surface area contributed by atoms with Crippen molar-refractivity contribution in [2.75, 3.05) is 25.7 Å². The number of rotatable bonds is 6. The average molecular weight is 203 g/mol. The van der Waals surface area contributed by atoms with Gasteiger partial charge in [0.1, 0.15) is 0 Å². The maximum absolute atomic E-state index is 5.59. The second kappa shape index (κ2) is 6.68. The molecule has 0 aromatic heterocycles. The monoisotopic (exact) mass is 203 g/mol. The highest BCUT2D eigenvalue weighted by atomic mass is 32.2. The van der Waals surface area contributed by atoms with E-state index < -0.39 is 0 Å². The molecule has 2 atom stereocenters. The van der Waals surface area contributed by atoms with Crippen LogP contribution in [0, 0.1) is 0 Å². The van der Waals surface area contributed by atoms with E-state index in [1.807, 2.05) is 11.8 Å². The van der Waals surface area contributed by atoms with Gasteiger partial charge in [-0.1, -0.05) is 0 Å². The first-order valence-electron chi connectivity index (χ1n) is 5.14. The summed E-state index contributed by atoms with van der Waals surface area (Å²) >= 11 is 1.91. The molecule has 0 bridgehead atoms. The molecule has 0 radical (unpaired) electrons. The van der Waals surface area contributed by atoms with Gasteiger partial charge in [-0.3, -0.25) is 0 Å². The molecule has 1 aliphatic rings. The van der Waals surface area contributed by atoms with Crippen LogP contribution in [0.15, 0.2) is 0 Å². The summed E-state index contributed by atoms with van der Waals surface area (Å²) in [6.07, 6.45) is 7.73. The fraction of sp³-hybridized carbons (Fsp3) is 1.00. The Labute approximate surface area is 85.8 Å². The van der Waals surface area contributed by atoms with E-state index in [1.54, 1.807) is 0 Å². The van der Waals surface area contributed by atoms with Gasteiger partial charge in [0.25, 0.3) is 0 Å². The molecule has 2 unspecified atom stereocenters. The van der Waals surface area contributed by atoms with E-state index >= 15 is 0 Å². The molecule has 0 aromatic rings. The predicted molar refractivity (Wildman–Crippen MR) is 59.4 cm³/mol. The molecule has 0 aliphatic carbocycles. The number of thioether (sulfide) groups is 1. The lowest BCUT2D eigenvalue weighted by Gasteiger charge is -2.16. The molecule has 0 aromatic carbocycles. The van der Waals surface area contributed by atoms with Crippen LogP contribution in [0.5, 0.6) is 0 Å². The Morgan fingerprint density at radius 3 is 3.00 bits per heavy atom. The van der Waals surface area contributed by atoms with E-state index in [4.69, 9.17) is 4.74 Å². The molecule has 1 aliphatic heterocycles. The molecule has 1 heterocycles. The minimum absolute atomic E-state index is 0.553. The first kappa shape index (κ1) is 11.3. The van der Waals surface area contributed by atoms with Crippen LogP contribution in [0.4, 0.5) is 0 Å². The summed E-state index contributed by atoms with van der Waals surface area (Å²) in [7, 11) is 2.05. The van der Waals surface area contributed by atoms with Crippen molar-refractivity contribution in [3.05, 3.63) is 0 Å². The van der Waals surface area contributed by atoms with Crippen molar-refractivity contribution in [2.45, 2.75) is 37.8 Å². The van der Waals surface area contributed by atoms with Gasteiger partial charge in [0.05, 0.1) is 6.10 Å². The van der Waals surface area contributed by atoms with Gasteiger partial charge in [0, 0.05) is 18.4 Å². The topological polar surface area (TPSA) is 21.3 Å². The van der Waals surface area contributed by atoms with Crippen LogP contribution in [0.1, 0.15) is 25.7 Å². The lowest BCUT2D eigenvalue weighted by molar-refractivity contribution is 0.100. The number of hydrogen-bond donors (Lipinski definition) is 1. The molecule has 1 fully saturated rings. The second-order valence-electron chi connectivity index (χ2n) is 3.65. The highest BCUT2D eigenvalue weighted by Gasteiger charge is 2.16. The molecule has 0 amide bonds. The lowest BCUT2D eigenvalue weighted by Crippen LogP contribution is -2.28. The second-order valence-corrected chi connectivity index (χ2v) is 4.56. The number of ether oxygens (including phenoxy) is 1. The number of hydrogen-bond acceptors (Lipinski definition) is 3. The normalized spacial score (nSPS) is 24.9. The Bertz CT molecular complexity index is 126. The first-order valence-corrected chi connectivity index (χ1v) is 6.54. The summed E-state index contributed by atoms with van der Waals surface area (Å²) < 4.78 is 5.59. The van der Waals surface area contributed by atoms with Crippen molar-refractivity contribution in [3.8, 4) is 0 Å². The first-order chi connectivity index (χ1) is 6.36. The van der Waals surface area contributed by atoms with Gasteiger partial charge in [0.15, 0.2) is 0 Å². The van der Waals surface area contributed by atoms with Gasteiger partial charge in [-0.15, -0.1) is 0 Å². The summed E-state index contributed by atoms with van der Waals surface area (Å²) in [4.78, 5) is 0. The van der Waals surface area contributed by atoms with Crippen LogP contribution in [-0.4, -0.2) is 37.8 Å². The van der Waals surface area contributed by atoms with Crippen LogP contribution in [-0.2, 0) is 4.74 Å². The third-order valence-corrected chi connectivity index (χ3v) is 3.37. The zero-order valence-corrected chi connectivity index (χ0v) is 9.53. The van der Waals surface area contributed by atoms with Gasteiger partial charge in [0.2, 0.25) is 0 Å². The third kappa shape index (κ3) is 4.34. The largest absolute Gasteiger partial charge is 0.378 e. The van der Waals surface area contributed by atoms with Crippen molar-refractivity contribution < 1.29 is 4.74 Å². The highest BCUT2D eigenvalue weighted by Crippen LogP contribution is 2.18. The Morgan fingerprint density at radius 2 is 2.46 bits per heavy atom. The van der Waals surface area contributed by atoms with Gasteiger partial charge in [-0.2, -0.15) is 11.8 Å². The maximum atomic E-state index is 5.59. The standard InChI is InChI=1S/C10H21NOS/c1-11-9(8-13-2)5-6-10-4-3-7-12-10/h9-11H,3-8H2,1-2H3. The molecule has 78 valence electrons. The molecule has 0 spiro atoms. The molecular weight excluding hydrogens is 182 g/mol. The molecule has 13 heavy (non-hydrogen) atoms.